The van der Waals surface area contributed by atoms with Gasteiger partial charge in [0.1, 0.15) is 17.8 Å². The highest BCUT2D eigenvalue weighted by Crippen LogP contribution is 2.45. The topological polar surface area (TPSA) is 79.8 Å². The third-order valence-corrected chi connectivity index (χ3v) is 5.62. The zero-order valence-corrected chi connectivity index (χ0v) is 17.3. The van der Waals surface area contributed by atoms with Crippen LogP contribution in [0.5, 0.6) is 0 Å². The molecule has 160 valence electrons. The Morgan fingerprint density at radius 2 is 2.00 bits per heavy atom. The molecule has 0 aliphatic heterocycles. The highest BCUT2D eigenvalue weighted by Gasteiger charge is 2.48. The molecule has 4 rings (SSSR count). The molecule has 0 unspecified atom stereocenters. The minimum Gasteiger partial charge on any atom is -0.368 e. The van der Waals surface area contributed by atoms with E-state index in [9.17, 15) is 13.6 Å². The van der Waals surface area contributed by atoms with Crippen LogP contribution >= 0.6 is 0 Å². The number of nitrogens with one attached hydrogen (secondary N) is 2. The summed E-state index contributed by atoms with van der Waals surface area (Å²) in [6.45, 7) is 2.22. The number of rotatable bonds is 6. The van der Waals surface area contributed by atoms with Gasteiger partial charge >= 0.3 is 0 Å². The molecular weight excluding hydrogens is 400 g/mol. The standard InChI is InChI=1S/C23H23F2N5O/c1-14-8-15(10-16(9-14)22(31)26-2)19-5-6-20(30-29-19)28-13-23(11-17(24)12-23)21-18(25)4-3-7-27-21/h3-10,17H,11-13H2,1-2H3,(H,26,31)(H,28,30)/t17-,23-. The Balaban J connectivity index is 1.51. The number of carbonyl (C=O) groups is 1. The van der Waals surface area contributed by atoms with Crippen LogP contribution in [0.1, 0.15) is 34.5 Å². The molecule has 6 nitrogen and oxygen atoms in total. The lowest BCUT2D eigenvalue weighted by atomic mass is 9.65. The number of hydrogen-bond donors (Lipinski definition) is 2. The van der Waals surface area contributed by atoms with Crippen molar-refractivity contribution in [3.63, 3.8) is 0 Å². The molecular formula is C23H23F2N5O. The summed E-state index contributed by atoms with van der Waals surface area (Å²) in [5.74, 6) is -0.0973. The normalized spacial score (nSPS) is 20.1. The molecule has 2 N–H and O–H groups in total. The first-order valence-electron chi connectivity index (χ1n) is 10.1. The summed E-state index contributed by atoms with van der Waals surface area (Å²) >= 11 is 0. The number of aryl methyl sites for hydroxylation is 1. The molecule has 0 radical (unpaired) electrons. The first-order chi connectivity index (χ1) is 14.9. The zero-order valence-electron chi connectivity index (χ0n) is 17.3. The number of pyridine rings is 1. The summed E-state index contributed by atoms with van der Waals surface area (Å²) in [7, 11) is 1.58. The Morgan fingerprint density at radius 1 is 1.19 bits per heavy atom. The van der Waals surface area contributed by atoms with Gasteiger partial charge in [-0.3, -0.25) is 9.78 Å². The Morgan fingerprint density at radius 3 is 2.65 bits per heavy atom. The second kappa shape index (κ2) is 8.37. The first-order valence-corrected chi connectivity index (χ1v) is 10.1. The average molecular weight is 423 g/mol. The number of anilines is 1. The molecule has 31 heavy (non-hydrogen) atoms. The lowest BCUT2D eigenvalue weighted by molar-refractivity contribution is 0.0958. The number of amides is 1. The lowest BCUT2D eigenvalue weighted by Crippen LogP contribution is -2.49. The van der Waals surface area contributed by atoms with Crippen LogP contribution in [0.25, 0.3) is 11.3 Å². The quantitative estimate of drug-likeness (QED) is 0.630. The highest BCUT2D eigenvalue weighted by molar-refractivity contribution is 5.95. The van der Waals surface area contributed by atoms with Crippen molar-refractivity contribution < 1.29 is 13.6 Å². The predicted octanol–water partition coefficient (Wildman–Crippen LogP) is 3.83. The van der Waals surface area contributed by atoms with Crippen molar-refractivity contribution in [3.05, 3.63) is 71.3 Å². The molecule has 0 atom stereocenters. The van der Waals surface area contributed by atoms with Crippen LogP contribution in [0.3, 0.4) is 0 Å². The summed E-state index contributed by atoms with van der Waals surface area (Å²) < 4.78 is 28.0. The molecule has 1 aliphatic carbocycles. The monoisotopic (exact) mass is 423 g/mol. The number of alkyl halides is 1. The lowest BCUT2D eigenvalue weighted by Gasteiger charge is -2.44. The van der Waals surface area contributed by atoms with Crippen LogP contribution in [-0.2, 0) is 5.41 Å². The van der Waals surface area contributed by atoms with Gasteiger partial charge in [0.25, 0.3) is 5.91 Å². The highest BCUT2D eigenvalue weighted by atomic mass is 19.1. The summed E-state index contributed by atoms with van der Waals surface area (Å²) in [5, 5.41) is 14.2. The average Bonchev–Trinajstić information content (AvgIpc) is 2.75. The second-order valence-electron chi connectivity index (χ2n) is 7.94. The molecule has 0 saturated heterocycles. The Hall–Kier alpha value is -3.42. The van der Waals surface area contributed by atoms with E-state index in [4.69, 9.17) is 0 Å². The van der Waals surface area contributed by atoms with Crippen molar-refractivity contribution in [3.8, 4) is 11.3 Å². The fourth-order valence-electron chi connectivity index (χ4n) is 4.03. The molecule has 3 aromatic rings. The van der Waals surface area contributed by atoms with Crippen LogP contribution in [-0.4, -0.2) is 40.9 Å². The van der Waals surface area contributed by atoms with Crippen molar-refractivity contribution in [1.82, 2.24) is 20.5 Å². The number of carbonyl (C=O) groups excluding carboxylic acids is 1. The van der Waals surface area contributed by atoms with Gasteiger partial charge in [-0.1, -0.05) is 0 Å². The van der Waals surface area contributed by atoms with E-state index < -0.39 is 17.4 Å². The van der Waals surface area contributed by atoms with Crippen LogP contribution in [0.15, 0.2) is 48.7 Å². The molecule has 2 heterocycles. The first kappa shape index (κ1) is 20.8. The molecule has 0 spiro atoms. The van der Waals surface area contributed by atoms with Gasteiger partial charge in [0.2, 0.25) is 0 Å². The molecule has 8 heteroatoms. The number of hydrogen-bond acceptors (Lipinski definition) is 5. The Labute approximate surface area is 179 Å². The summed E-state index contributed by atoms with van der Waals surface area (Å²) in [4.78, 5) is 16.1. The third kappa shape index (κ3) is 4.23. The van der Waals surface area contributed by atoms with Gasteiger partial charge in [-0.05, 0) is 67.8 Å². The largest absolute Gasteiger partial charge is 0.368 e. The van der Waals surface area contributed by atoms with Crippen molar-refractivity contribution in [1.29, 1.82) is 0 Å². The minimum absolute atomic E-state index is 0.171. The van der Waals surface area contributed by atoms with Crippen molar-refractivity contribution in [2.24, 2.45) is 0 Å². The van der Waals surface area contributed by atoms with Crippen molar-refractivity contribution in [2.45, 2.75) is 31.4 Å². The molecule has 1 fully saturated rings. The van der Waals surface area contributed by atoms with E-state index in [1.54, 1.807) is 31.3 Å². The molecule has 1 aromatic carbocycles. The van der Waals surface area contributed by atoms with Gasteiger partial charge in [0.05, 0.1) is 11.4 Å². The van der Waals surface area contributed by atoms with Gasteiger partial charge in [-0.2, -0.15) is 0 Å². The van der Waals surface area contributed by atoms with Crippen LogP contribution < -0.4 is 10.6 Å². The smallest absolute Gasteiger partial charge is 0.251 e. The maximum Gasteiger partial charge on any atom is 0.251 e. The van der Waals surface area contributed by atoms with E-state index in [0.29, 0.717) is 23.6 Å². The minimum atomic E-state index is -0.965. The van der Waals surface area contributed by atoms with Crippen LogP contribution in [0.4, 0.5) is 14.6 Å². The van der Waals surface area contributed by atoms with E-state index in [0.717, 1.165) is 11.1 Å². The number of nitrogens with zero attached hydrogens (tertiary/aromatic N) is 3. The predicted molar refractivity (Wildman–Crippen MR) is 114 cm³/mol. The van der Waals surface area contributed by atoms with Gasteiger partial charge in [0.15, 0.2) is 0 Å². The molecule has 1 amide bonds. The summed E-state index contributed by atoms with van der Waals surface area (Å²) in [6, 6.07) is 11.9. The van der Waals surface area contributed by atoms with Crippen LogP contribution in [0, 0.1) is 12.7 Å². The molecule has 1 saturated carbocycles. The molecule has 2 aromatic heterocycles. The number of benzene rings is 1. The van der Waals surface area contributed by atoms with E-state index >= 15 is 0 Å². The van der Waals surface area contributed by atoms with E-state index in [2.05, 4.69) is 25.8 Å². The molecule has 0 bridgehead atoms. The second-order valence-corrected chi connectivity index (χ2v) is 7.94. The van der Waals surface area contributed by atoms with Gasteiger partial charge in [-0.15, -0.1) is 10.2 Å². The van der Waals surface area contributed by atoms with E-state index in [-0.39, 0.29) is 24.4 Å². The number of aromatic nitrogens is 3. The van der Waals surface area contributed by atoms with E-state index in [1.807, 2.05) is 13.0 Å². The van der Waals surface area contributed by atoms with Gasteiger partial charge in [0, 0.05) is 36.3 Å². The Kier molecular flexibility index (Phi) is 5.63. The van der Waals surface area contributed by atoms with Crippen molar-refractivity contribution >= 4 is 11.7 Å². The SMILES string of the molecule is CNC(=O)c1cc(C)cc(-c2ccc(NC[C@]3(c4ncccc4F)C[C@H](F)C3)nn2)c1. The van der Waals surface area contributed by atoms with E-state index in [1.165, 1.54) is 18.3 Å². The molecule has 1 aliphatic rings. The van der Waals surface area contributed by atoms with Crippen molar-refractivity contribution in [2.75, 3.05) is 18.9 Å². The maximum atomic E-state index is 14.3. The van der Waals surface area contributed by atoms with Crippen LogP contribution in [0.2, 0.25) is 0 Å². The fraction of sp³-hybridized carbons (Fsp3) is 0.304. The zero-order chi connectivity index (χ0) is 22.0. The summed E-state index contributed by atoms with van der Waals surface area (Å²) in [6.07, 6.45) is 0.984. The fourth-order valence-corrected chi connectivity index (χ4v) is 4.03. The Bertz CT molecular complexity index is 1100. The third-order valence-electron chi connectivity index (χ3n) is 5.62. The van der Waals surface area contributed by atoms with Gasteiger partial charge in [-0.25, -0.2) is 8.78 Å². The van der Waals surface area contributed by atoms with Gasteiger partial charge < -0.3 is 10.6 Å². The number of halogens is 2. The summed E-state index contributed by atoms with van der Waals surface area (Å²) in [5.41, 5.74) is 2.46. The maximum absolute atomic E-state index is 14.3.